The molecule has 0 saturated carbocycles. The average molecular weight is 365 g/mol. The van der Waals surface area contributed by atoms with Gasteiger partial charge in [-0.3, -0.25) is 9.59 Å². The molecule has 0 amide bonds. The molecule has 2 aromatic rings. The zero-order valence-corrected chi connectivity index (χ0v) is 15.7. The van der Waals surface area contributed by atoms with Crippen LogP contribution in [0.15, 0.2) is 34.1 Å². The lowest BCUT2D eigenvalue weighted by atomic mass is 10.1. The first-order valence-corrected chi connectivity index (χ1v) is 9.54. The number of pyridine rings is 1. The summed E-state index contributed by atoms with van der Waals surface area (Å²) < 4.78 is 27.6. The highest BCUT2D eigenvalue weighted by atomic mass is 32.2. The molecule has 8 heteroatoms. The van der Waals surface area contributed by atoms with E-state index < -0.39 is 15.6 Å². The van der Waals surface area contributed by atoms with Crippen molar-refractivity contribution in [3.63, 3.8) is 0 Å². The second kappa shape index (κ2) is 7.37. The molecule has 0 bridgehead atoms. The Morgan fingerprint density at radius 1 is 1.20 bits per heavy atom. The minimum Gasteiger partial charge on any atom is -0.362 e. The van der Waals surface area contributed by atoms with Crippen molar-refractivity contribution in [2.24, 2.45) is 0 Å². The van der Waals surface area contributed by atoms with E-state index in [2.05, 4.69) is 4.98 Å². The normalized spacial score (nSPS) is 11.9. The number of sulfonamides is 1. The molecule has 0 radical (unpaired) electrons. The predicted octanol–water partition coefficient (Wildman–Crippen LogP) is 1.71. The van der Waals surface area contributed by atoms with E-state index in [0.29, 0.717) is 18.7 Å². The first-order chi connectivity index (χ1) is 11.7. The highest BCUT2D eigenvalue weighted by Crippen LogP contribution is 2.15. The SMILES string of the molecule is CCN(CC)S(=O)(=O)c1ccc(=O)n(CC(=O)c2cc(C)[nH]c2C)c1. The maximum Gasteiger partial charge on any atom is 0.251 e. The molecule has 7 nitrogen and oxygen atoms in total. The fraction of sp³-hybridized carbons (Fsp3) is 0.412. The summed E-state index contributed by atoms with van der Waals surface area (Å²) in [5.41, 5.74) is 1.66. The van der Waals surface area contributed by atoms with E-state index in [1.165, 1.54) is 22.6 Å². The van der Waals surface area contributed by atoms with Crippen LogP contribution in [0.5, 0.6) is 0 Å². The molecule has 0 aliphatic heterocycles. The summed E-state index contributed by atoms with van der Waals surface area (Å²) >= 11 is 0. The molecular formula is C17H23N3O4S. The maximum absolute atomic E-state index is 12.6. The first kappa shape index (κ1) is 19.1. The summed E-state index contributed by atoms with van der Waals surface area (Å²) in [6, 6.07) is 4.18. The highest BCUT2D eigenvalue weighted by Gasteiger charge is 2.23. The van der Waals surface area contributed by atoms with E-state index in [1.54, 1.807) is 26.8 Å². The molecule has 2 heterocycles. The third kappa shape index (κ3) is 3.91. The summed E-state index contributed by atoms with van der Waals surface area (Å²) in [5, 5.41) is 0. The van der Waals surface area contributed by atoms with Gasteiger partial charge in [0.2, 0.25) is 10.0 Å². The molecular weight excluding hydrogens is 342 g/mol. The van der Waals surface area contributed by atoms with Crippen molar-refractivity contribution in [1.82, 2.24) is 13.9 Å². The number of H-pyrrole nitrogens is 1. The molecule has 2 rings (SSSR count). The number of carbonyl (C=O) groups is 1. The van der Waals surface area contributed by atoms with Crippen LogP contribution in [-0.4, -0.2) is 41.1 Å². The molecule has 136 valence electrons. The molecule has 0 aliphatic carbocycles. The zero-order valence-electron chi connectivity index (χ0n) is 14.9. The highest BCUT2D eigenvalue weighted by molar-refractivity contribution is 7.89. The third-order valence-corrected chi connectivity index (χ3v) is 6.10. The number of ketones is 1. The lowest BCUT2D eigenvalue weighted by Crippen LogP contribution is -2.32. The lowest BCUT2D eigenvalue weighted by molar-refractivity contribution is 0.0970. The Kier molecular flexibility index (Phi) is 5.64. The number of aryl methyl sites for hydroxylation is 2. The number of hydrogen-bond donors (Lipinski definition) is 1. The quantitative estimate of drug-likeness (QED) is 0.756. The second-order valence-electron chi connectivity index (χ2n) is 5.83. The topological polar surface area (TPSA) is 92.2 Å². The number of rotatable bonds is 7. The van der Waals surface area contributed by atoms with Crippen LogP contribution >= 0.6 is 0 Å². The molecule has 1 N–H and O–H groups in total. The standard InChI is InChI=1S/C17H23N3O4S/c1-5-20(6-2)25(23,24)14-7-8-17(22)19(10-14)11-16(21)15-9-12(3)18-13(15)4/h7-10,18H,5-6,11H2,1-4H3. The Balaban J connectivity index is 2.39. The van der Waals surface area contributed by atoms with E-state index in [-0.39, 0.29) is 17.2 Å². The van der Waals surface area contributed by atoms with Gasteiger partial charge in [0.05, 0.1) is 11.4 Å². The van der Waals surface area contributed by atoms with Gasteiger partial charge < -0.3 is 9.55 Å². The van der Waals surface area contributed by atoms with Crippen LogP contribution in [-0.2, 0) is 16.6 Å². The molecule has 25 heavy (non-hydrogen) atoms. The molecule has 2 aromatic heterocycles. The van der Waals surface area contributed by atoms with Crippen molar-refractivity contribution < 1.29 is 13.2 Å². The first-order valence-electron chi connectivity index (χ1n) is 8.10. The van der Waals surface area contributed by atoms with Crippen molar-refractivity contribution in [3.8, 4) is 0 Å². The van der Waals surface area contributed by atoms with Gasteiger partial charge in [-0.25, -0.2) is 8.42 Å². The van der Waals surface area contributed by atoms with Gasteiger partial charge in [-0.15, -0.1) is 0 Å². The Morgan fingerprint density at radius 3 is 2.36 bits per heavy atom. The maximum atomic E-state index is 12.6. The van der Waals surface area contributed by atoms with E-state index >= 15 is 0 Å². The van der Waals surface area contributed by atoms with Crippen molar-refractivity contribution in [1.29, 1.82) is 0 Å². The number of hydrogen-bond acceptors (Lipinski definition) is 4. The fourth-order valence-corrected chi connectivity index (χ4v) is 4.23. The van der Waals surface area contributed by atoms with Gasteiger partial charge in [0.15, 0.2) is 5.78 Å². The zero-order chi connectivity index (χ0) is 18.8. The third-order valence-electron chi connectivity index (χ3n) is 4.06. The van der Waals surface area contributed by atoms with Gasteiger partial charge in [-0.05, 0) is 26.0 Å². The van der Waals surface area contributed by atoms with Crippen LogP contribution in [0.4, 0.5) is 0 Å². The van der Waals surface area contributed by atoms with Crippen LogP contribution < -0.4 is 5.56 Å². The molecule has 0 aromatic carbocycles. The smallest absolute Gasteiger partial charge is 0.251 e. The average Bonchev–Trinajstić information content (AvgIpc) is 2.88. The van der Waals surface area contributed by atoms with Crippen molar-refractivity contribution in [3.05, 3.63) is 51.7 Å². The molecule has 0 atom stereocenters. The Hall–Kier alpha value is -2.19. The predicted molar refractivity (Wildman–Crippen MR) is 95.4 cm³/mol. The molecule has 0 fully saturated rings. The minimum absolute atomic E-state index is 0.00516. The van der Waals surface area contributed by atoms with Crippen molar-refractivity contribution >= 4 is 15.8 Å². The van der Waals surface area contributed by atoms with Crippen molar-refractivity contribution in [2.45, 2.75) is 39.1 Å². The van der Waals surface area contributed by atoms with Crippen LogP contribution in [0.2, 0.25) is 0 Å². The number of carbonyl (C=O) groups excluding carboxylic acids is 1. The van der Waals surface area contributed by atoms with E-state index in [1.807, 2.05) is 6.92 Å². The van der Waals surface area contributed by atoms with Gasteiger partial charge in [0, 0.05) is 42.3 Å². The number of nitrogens with one attached hydrogen (secondary N) is 1. The molecule has 0 unspecified atom stereocenters. The monoisotopic (exact) mass is 365 g/mol. The largest absolute Gasteiger partial charge is 0.362 e. The van der Waals surface area contributed by atoms with Gasteiger partial charge in [0.1, 0.15) is 0 Å². The van der Waals surface area contributed by atoms with E-state index in [4.69, 9.17) is 0 Å². The summed E-state index contributed by atoms with van der Waals surface area (Å²) in [6.07, 6.45) is 1.24. The van der Waals surface area contributed by atoms with Gasteiger partial charge >= 0.3 is 0 Å². The Bertz CT molecular complexity index is 937. The van der Waals surface area contributed by atoms with Crippen molar-refractivity contribution in [2.75, 3.05) is 13.1 Å². The number of nitrogens with zero attached hydrogens (tertiary/aromatic N) is 2. The molecule has 0 spiro atoms. The van der Waals surface area contributed by atoms with Crippen LogP contribution in [0.25, 0.3) is 0 Å². The van der Waals surface area contributed by atoms with Crippen LogP contribution in [0.1, 0.15) is 35.6 Å². The summed E-state index contributed by atoms with van der Waals surface area (Å²) in [5.74, 6) is -0.249. The molecule has 0 saturated heterocycles. The van der Waals surface area contributed by atoms with E-state index in [0.717, 1.165) is 16.0 Å². The number of Topliss-reactive ketones (excluding diaryl/α,β-unsaturated/α-hetero) is 1. The van der Waals surface area contributed by atoms with Gasteiger partial charge in [-0.2, -0.15) is 4.31 Å². The minimum atomic E-state index is -3.69. The van der Waals surface area contributed by atoms with Gasteiger partial charge in [-0.1, -0.05) is 13.8 Å². The summed E-state index contributed by atoms with van der Waals surface area (Å²) in [6.45, 7) is 7.57. The number of aromatic amines is 1. The van der Waals surface area contributed by atoms with E-state index in [9.17, 15) is 18.0 Å². The molecule has 0 aliphatic rings. The summed E-state index contributed by atoms with van der Waals surface area (Å²) in [7, 11) is -3.69. The van der Waals surface area contributed by atoms with Crippen LogP contribution in [0, 0.1) is 13.8 Å². The summed E-state index contributed by atoms with van der Waals surface area (Å²) in [4.78, 5) is 27.6. The Labute approximate surface area is 147 Å². The number of aromatic nitrogens is 2. The Morgan fingerprint density at radius 2 is 1.84 bits per heavy atom. The lowest BCUT2D eigenvalue weighted by Gasteiger charge is -2.18. The van der Waals surface area contributed by atoms with Gasteiger partial charge in [0.25, 0.3) is 5.56 Å². The van der Waals surface area contributed by atoms with Crippen LogP contribution in [0.3, 0.4) is 0 Å². The second-order valence-corrected chi connectivity index (χ2v) is 7.77. The fourth-order valence-electron chi connectivity index (χ4n) is 2.75.